The Morgan fingerprint density at radius 2 is 1.72 bits per heavy atom. The predicted molar refractivity (Wildman–Crippen MR) is 121 cm³/mol. The molecule has 0 amide bonds. The predicted octanol–water partition coefficient (Wildman–Crippen LogP) is 4.22. The van der Waals surface area contributed by atoms with Crippen LogP contribution in [0.25, 0.3) is 0 Å². The quantitative estimate of drug-likeness (QED) is 0.666. The fraction of sp³-hybridized carbons (Fsp3) is 0.409. The number of aliphatic hydroxyl groups is 1. The molecule has 2 saturated heterocycles. The third-order valence-corrected chi connectivity index (χ3v) is 8.26. The Balaban J connectivity index is 1.59. The SMILES string of the molecule is N#Cc1ccc(Oc2cc(Cl)cc(Cl)c2)c(S(=O)(=O)N2CCC(N3CCCC3O)CC2)c1. The number of nitriles is 1. The van der Waals surface area contributed by atoms with Crippen LogP contribution in [0, 0.1) is 11.3 Å². The first-order valence-corrected chi connectivity index (χ1v) is 12.6. The monoisotopic (exact) mass is 495 g/mol. The zero-order valence-electron chi connectivity index (χ0n) is 17.2. The molecular weight excluding hydrogens is 473 g/mol. The highest BCUT2D eigenvalue weighted by Gasteiger charge is 2.36. The molecule has 32 heavy (non-hydrogen) atoms. The molecule has 0 radical (unpaired) electrons. The lowest BCUT2D eigenvalue weighted by Crippen LogP contribution is -2.48. The number of likely N-dealkylation sites (tertiary alicyclic amines) is 1. The van der Waals surface area contributed by atoms with E-state index in [1.165, 1.54) is 34.6 Å². The number of nitrogens with zero attached hydrogens (tertiary/aromatic N) is 3. The van der Waals surface area contributed by atoms with E-state index in [1.807, 2.05) is 6.07 Å². The van der Waals surface area contributed by atoms with Crippen LogP contribution < -0.4 is 4.74 Å². The van der Waals surface area contributed by atoms with Crippen molar-refractivity contribution in [2.45, 2.75) is 42.8 Å². The summed E-state index contributed by atoms with van der Waals surface area (Å²) in [4.78, 5) is 1.99. The smallest absolute Gasteiger partial charge is 0.246 e. The number of aliphatic hydroxyl groups excluding tert-OH is 1. The molecule has 2 aromatic rings. The summed E-state index contributed by atoms with van der Waals surface area (Å²) >= 11 is 12.1. The number of rotatable bonds is 5. The summed E-state index contributed by atoms with van der Waals surface area (Å²) in [6.07, 6.45) is 2.53. The van der Waals surface area contributed by atoms with Crippen molar-refractivity contribution < 1.29 is 18.3 Å². The van der Waals surface area contributed by atoms with Crippen LogP contribution in [-0.2, 0) is 10.0 Å². The average molecular weight is 496 g/mol. The normalized spacial score (nSPS) is 20.9. The van der Waals surface area contributed by atoms with Gasteiger partial charge in [0, 0.05) is 35.7 Å². The lowest BCUT2D eigenvalue weighted by atomic mass is 10.1. The van der Waals surface area contributed by atoms with Gasteiger partial charge in [-0.1, -0.05) is 23.2 Å². The van der Waals surface area contributed by atoms with Crippen LogP contribution in [-0.4, -0.2) is 54.6 Å². The Kier molecular flexibility index (Phi) is 6.96. The van der Waals surface area contributed by atoms with Gasteiger partial charge in [-0.3, -0.25) is 4.90 Å². The Hall–Kier alpha value is -1.86. The highest BCUT2D eigenvalue weighted by Crippen LogP contribution is 2.35. The van der Waals surface area contributed by atoms with Gasteiger partial charge in [0.1, 0.15) is 22.6 Å². The van der Waals surface area contributed by atoms with E-state index in [-0.39, 0.29) is 22.3 Å². The molecule has 0 aliphatic carbocycles. The molecule has 2 aromatic carbocycles. The lowest BCUT2D eigenvalue weighted by Gasteiger charge is -2.37. The third-order valence-electron chi connectivity index (χ3n) is 5.91. The second kappa shape index (κ2) is 9.56. The summed E-state index contributed by atoms with van der Waals surface area (Å²) in [6.45, 7) is 1.49. The van der Waals surface area contributed by atoms with Crippen molar-refractivity contribution >= 4 is 33.2 Å². The highest BCUT2D eigenvalue weighted by atomic mass is 35.5. The molecular formula is C22H23Cl2N3O4S. The summed E-state index contributed by atoms with van der Waals surface area (Å²) in [5.41, 5.74) is 0.218. The number of sulfonamides is 1. The summed E-state index contributed by atoms with van der Waals surface area (Å²) in [7, 11) is -3.92. The Bertz CT molecular complexity index is 1120. The molecule has 0 saturated carbocycles. The Morgan fingerprint density at radius 1 is 1.03 bits per heavy atom. The van der Waals surface area contributed by atoms with E-state index in [2.05, 4.69) is 4.90 Å². The van der Waals surface area contributed by atoms with Crippen LogP contribution in [0.3, 0.4) is 0 Å². The van der Waals surface area contributed by atoms with Crippen molar-refractivity contribution in [3.8, 4) is 17.6 Å². The molecule has 1 unspecified atom stereocenters. The van der Waals surface area contributed by atoms with Crippen molar-refractivity contribution in [3.05, 3.63) is 52.0 Å². The van der Waals surface area contributed by atoms with Gasteiger partial charge in [-0.15, -0.1) is 0 Å². The first-order valence-electron chi connectivity index (χ1n) is 10.4. The second-order valence-electron chi connectivity index (χ2n) is 7.98. The summed E-state index contributed by atoms with van der Waals surface area (Å²) in [6, 6.07) is 11.1. The van der Waals surface area contributed by atoms with Crippen LogP contribution in [0.1, 0.15) is 31.2 Å². The van der Waals surface area contributed by atoms with Crippen LogP contribution in [0.5, 0.6) is 11.5 Å². The molecule has 0 bridgehead atoms. The molecule has 2 aliphatic heterocycles. The van der Waals surface area contributed by atoms with Crippen LogP contribution in [0.15, 0.2) is 41.3 Å². The maximum absolute atomic E-state index is 13.5. The van der Waals surface area contributed by atoms with Gasteiger partial charge in [0.25, 0.3) is 0 Å². The summed E-state index contributed by atoms with van der Waals surface area (Å²) in [5.74, 6) is 0.393. The number of benzene rings is 2. The van der Waals surface area contributed by atoms with Crippen molar-refractivity contribution in [2.24, 2.45) is 0 Å². The van der Waals surface area contributed by atoms with E-state index in [0.717, 1.165) is 19.4 Å². The molecule has 4 rings (SSSR count). The zero-order valence-corrected chi connectivity index (χ0v) is 19.6. The molecule has 2 aliphatic rings. The second-order valence-corrected chi connectivity index (χ2v) is 10.8. The van der Waals surface area contributed by atoms with Gasteiger partial charge in [-0.05, 0) is 62.1 Å². The molecule has 170 valence electrons. The number of halogens is 2. The molecule has 10 heteroatoms. The van der Waals surface area contributed by atoms with Gasteiger partial charge < -0.3 is 9.84 Å². The molecule has 1 N–H and O–H groups in total. The summed E-state index contributed by atoms with van der Waals surface area (Å²) < 4.78 is 34.3. The van der Waals surface area contributed by atoms with Crippen LogP contribution in [0.4, 0.5) is 0 Å². The van der Waals surface area contributed by atoms with Gasteiger partial charge in [0.15, 0.2) is 0 Å². The molecule has 0 aromatic heterocycles. The fourth-order valence-corrected chi connectivity index (χ4v) is 6.44. The lowest BCUT2D eigenvalue weighted by molar-refractivity contribution is -0.00478. The number of hydrogen-bond acceptors (Lipinski definition) is 6. The van der Waals surface area contributed by atoms with E-state index in [0.29, 0.717) is 41.7 Å². The van der Waals surface area contributed by atoms with Crippen molar-refractivity contribution in [1.29, 1.82) is 5.26 Å². The largest absolute Gasteiger partial charge is 0.456 e. The van der Waals surface area contributed by atoms with Gasteiger partial charge in [0.2, 0.25) is 10.0 Å². The molecule has 2 heterocycles. The van der Waals surface area contributed by atoms with Crippen molar-refractivity contribution in [2.75, 3.05) is 19.6 Å². The number of hydrogen-bond donors (Lipinski definition) is 1. The zero-order chi connectivity index (χ0) is 22.9. The van der Waals surface area contributed by atoms with E-state index in [1.54, 1.807) is 6.07 Å². The number of ether oxygens (including phenoxy) is 1. The first kappa shape index (κ1) is 23.3. The van der Waals surface area contributed by atoms with Gasteiger partial charge in [0.05, 0.1) is 11.6 Å². The van der Waals surface area contributed by atoms with Gasteiger partial charge in [-0.2, -0.15) is 9.57 Å². The minimum absolute atomic E-state index is 0.0766. The Morgan fingerprint density at radius 3 is 2.31 bits per heavy atom. The minimum atomic E-state index is -3.92. The standard InChI is InChI=1S/C22H23Cl2N3O4S/c23-16-11-17(24)13-19(12-16)31-20-4-3-15(14-25)10-21(20)32(29,30)26-8-5-18(6-9-26)27-7-1-2-22(27)28/h3-4,10-13,18,22,28H,1-2,5-9H2. The van der Waals surface area contributed by atoms with Crippen molar-refractivity contribution in [3.63, 3.8) is 0 Å². The molecule has 7 nitrogen and oxygen atoms in total. The third kappa shape index (κ3) is 4.88. The fourth-order valence-electron chi connectivity index (χ4n) is 4.33. The topological polar surface area (TPSA) is 93.9 Å². The maximum atomic E-state index is 13.5. The Labute approximate surface area is 197 Å². The van der Waals surface area contributed by atoms with Gasteiger partial charge >= 0.3 is 0 Å². The van der Waals surface area contributed by atoms with Crippen molar-refractivity contribution in [1.82, 2.24) is 9.21 Å². The minimum Gasteiger partial charge on any atom is -0.456 e. The molecule has 2 fully saturated rings. The van der Waals surface area contributed by atoms with Crippen LogP contribution in [0.2, 0.25) is 10.0 Å². The highest BCUT2D eigenvalue weighted by molar-refractivity contribution is 7.89. The molecule has 1 atom stereocenters. The van der Waals surface area contributed by atoms with E-state index in [9.17, 15) is 18.8 Å². The first-order chi connectivity index (χ1) is 15.3. The van der Waals surface area contributed by atoms with E-state index >= 15 is 0 Å². The maximum Gasteiger partial charge on any atom is 0.246 e. The van der Waals surface area contributed by atoms with Gasteiger partial charge in [-0.25, -0.2) is 8.42 Å². The van der Waals surface area contributed by atoms with Crippen LogP contribution >= 0.6 is 23.2 Å². The van der Waals surface area contributed by atoms with E-state index in [4.69, 9.17) is 27.9 Å². The summed E-state index contributed by atoms with van der Waals surface area (Å²) in [5, 5.41) is 20.2. The molecule has 0 spiro atoms. The number of piperidine rings is 1. The van der Waals surface area contributed by atoms with E-state index < -0.39 is 16.3 Å². The average Bonchev–Trinajstić information content (AvgIpc) is 3.19.